The second kappa shape index (κ2) is 8.81. The SMILES string of the molecule is O=[13c]1[13cH][13cH][15n]([13C@@H]2O[13C@H]([13CH2]OP(=O)([O-])[O-])[13C@H](O)[13CH]2O)[13c](=O)[15nH]1.[Li+].[Li+]. The molecule has 1 aliphatic rings. The van der Waals surface area contributed by atoms with Crippen LogP contribution in [0.2, 0.25) is 0 Å². The molecule has 2 rings (SSSR count). The number of hydrogen-bond donors (Lipinski definition) is 3. The monoisotopic (exact) mass is 347 g/mol. The van der Waals surface area contributed by atoms with E-state index >= 15 is 0 Å². The zero-order valence-electron chi connectivity index (χ0n) is 12.3. The Bertz CT molecular complexity index is 673. The standard InChI is InChI=1S/C9H13N2O9P.2Li/c12-5-1-2-11(9(15)10-5)8-7(14)6(13)4(20-8)3-19-21(16,17)18;;/h1-2,4,6-8,13-14H,3H2,(H,10,12,15)(H2,16,17,18);;/q;2*+1/p-2/t4-,6+,7?,8-;;/m1../s1/i1+1,2+1,3+1,4+1,5+1,6+1,7+1,8+1,9+1,10+1,11+1;;. The Balaban J connectivity index is 0.00000242. The van der Waals surface area contributed by atoms with Gasteiger partial charge in [-0.2, -0.15) is 0 Å². The number of aliphatic hydroxyl groups is 2. The maximum atomic E-state index is 11.6. The molecule has 1 aromatic rings. The second-order valence-corrected chi connectivity index (χ2v) is 5.46. The Hall–Kier alpha value is -0.135. The van der Waals surface area contributed by atoms with Crippen molar-refractivity contribution in [3.05, 3.63) is 33.1 Å². The molecule has 0 aliphatic carbocycles. The number of ether oxygens (including phenoxy) is 1. The topological polar surface area (TPSA) is 177 Å². The molecule has 14 heteroatoms. The summed E-state index contributed by atoms with van der Waals surface area (Å²) in [5, 5.41) is 19.5. The van der Waals surface area contributed by atoms with Crippen LogP contribution in [0.3, 0.4) is 0 Å². The predicted molar refractivity (Wildman–Crippen MR) is 60.8 cm³/mol. The van der Waals surface area contributed by atoms with Gasteiger partial charge in [-0.1, -0.05) is 0 Å². The first-order valence-corrected chi connectivity index (χ1v) is 7.15. The van der Waals surface area contributed by atoms with Crippen molar-refractivity contribution in [1.82, 2.24) is 9.55 Å². The predicted octanol–water partition coefficient (Wildman–Crippen LogP) is -9.99. The fraction of sp³-hybridized carbons (Fsp3) is 0.556. The Labute approximate surface area is 153 Å². The van der Waals surface area contributed by atoms with Gasteiger partial charge in [0, 0.05) is 12.3 Å². The molecule has 11 nitrogen and oxygen atoms in total. The maximum absolute atomic E-state index is 11.6. The smallest absolute Gasteiger partial charge is 0.790 e. The van der Waals surface area contributed by atoms with Crippen molar-refractivity contribution < 1.29 is 71.5 Å². The Morgan fingerprint density at radius 1 is 1.30 bits per heavy atom. The van der Waals surface area contributed by atoms with Gasteiger partial charge >= 0.3 is 43.4 Å². The van der Waals surface area contributed by atoms with E-state index in [0.29, 0.717) is 0 Å². The largest absolute Gasteiger partial charge is 1.00 e. The summed E-state index contributed by atoms with van der Waals surface area (Å²) in [7, 11) is -5.26. The van der Waals surface area contributed by atoms with Gasteiger partial charge in [-0.3, -0.25) is 14.3 Å². The average Bonchev–Trinajstić information content (AvgIpc) is 2.64. The third-order valence-corrected chi connectivity index (χ3v) is 3.32. The van der Waals surface area contributed by atoms with Crippen LogP contribution in [-0.2, 0) is 13.8 Å². The molecule has 4 atom stereocenters. The van der Waals surface area contributed by atoms with Crippen molar-refractivity contribution in [3.63, 3.8) is 0 Å². The number of aromatic nitrogens is 2. The van der Waals surface area contributed by atoms with Crippen molar-refractivity contribution >= 4 is 7.82 Å². The van der Waals surface area contributed by atoms with Gasteiger partial charge in [0.05, 0.1) is 14.4 Å². The number of H-pyrrole nitrogens is 1. The number of phosphoric ester groups is 1. The summed E-state index contributed by atoms with van der Waals surface area (Å²) in [6.07, 6.45) is -4.83. The van der Waals surface area contributed by atoms with Crippen molar-refractivity contribution in [2.24, 2.45) is 0 Å². The van der Waals surface area contributed by atoms with E-state index in [1.54, 1.807) is 0 Å². The normalized spacial score (nSPS) is 27.1. The van der Waals surface area contributed by atoms with Gasteiger partial charge in [0.2, 0.25) is 0 Å². The summed E-state index contributed by atoms with van der Waals surface area (Å²) < 4.78 is 20.3. The summed E-state index contributed by atoms with van der Waals surface area (Å²) in [4.78, 5) is 45.2. The second-order valence-electron chi connectivity index (χ2n) is 4.31. The van der Waals surface area contributed by atoms with Crippen LogP contribution < -0.4 is 58.8 Å². The Morgan fingerprint density at radius 3 is 2.43 bits per heavy atom. The minimum absolute atomic E-state index is 0. The Morgan fingerprint density at radius 2 is 1.91 bits per heavy atom. The van der Waals surface area contributed by atoms with Crippen LogP contribution in [0.1, 0.15) is 6.23 Å². The fourth-order valence-corrected chi connectivity index (χ4v) is 2.22. The van der Waals surface area contributed by atoms with Crippen LogP contribution in [0.5, 0.6) is 0 Å². The molecule has 23 heavy (non-hydrogen) atoms. The van der Waals surface area contributed by atoms with Crippen LogP contribution in [0.4, 0.5) is 0 Å². The minimum atomic E-state index is -5.26. The summed E-state index contributed by atoms with van der Waals surface area (Å²) >= 11 is 0. The first kappa shape index (κ1) is 22.9. The van der Waals surface area contributed by atoms with E-state index in [-0.39, 0.29) is 37.7 Å². The van der Waals surface area contributed by atoms with Gasteiger partial charge in [0.15, 0.2) is 6.23 Å². The fourth-order valence-electron chi connectivity index (χ4n) is 1.89. The Kier molecular flexibility index (Phi) is 8.76. The van der Waals surface area contributed by atoms with Crippen LogP contribution in [-0.4, -0.2) is 44.7 Å². The molecule has 1 unspecified atom stereocenters. The summed E-state index contributed by atoms with van der Waals surface area (Å²) in [6.45, 7) is -0.808. The molecular weight excluding hydrogens is 336 g/mol. The molecular formula is C9H11Li2N2O9P. The van der Waals surface area contributed by atoms with Gasteiger partial charge in [0.25, 0.3) is 5.56 Å². The van der Waals surface area contributed by atoms with E-state index in [1.807, 2.05) is 4.98 Å². The first-order valence-electron chi connectivity index (χ1n) is 5.69. The number of aromatic amines is 1. The molecule has 118 valence electrons. The third kappa shape index (κ3) is 5.71. The first-order chi connectivity index (χ1) is 9.69. The molecule has 0 amide bonds. The van der Waals surface area contributed by atoms with Crippen LogP contribution in [0.15, 0.2) is 21.9 Å². The van der Waals surface area contributed by atoms with Crippen molar-refractivity contribution in [2.75, 3.05) is 6.61 Å². The molecule has 2 heterocycles. The quantitative estimate of drug-likeness (QED) is 0.271. The van der Waals surface area contributed by atoms with Crippen molar-refractivity contribution in [2.45, 2.75) is 24.5 Å². The third-order valence-electron chi connectivity index (χ3n) is 2.86. The van der Waals surface area contributed by atoms with Crippen LogP contribution in [0, 0.1) is 0 Å². The van der Waals surface area contributed by atoms with Crippen LogP contribution in [0.25, 0.3) is 0 Å². The van der Waals surface area contributed by atoms with Crippen molar-refractivity contribution in [1.29, 1.82) is 0 Å². The van der Waals surface area contributed by atoms with Gasteiger partial charge in [-0.25, -0.2) is 4.79 Å². The van der Waals surface area contributed by atoms with Gasteiger partial charge in [0.1, 0.15) is 18.3 Å². The average molecular weight is 347 g/mol. The van der Waals surface area contributed by atoms with E-state index in [9.17, 15) is 34.2 Å². The zero-order chi connectivity index (χ0) is 15.8. The number of phosphoric acid groups is 1. The number of hydrogen-bond acceptors (Lipinski definition) is 9. The molecule has 0 radical (unpaired) electrons. The number of rotatable bonds is 4. The van der Waals surface area contributed by atoms with E-state index < -0.39 is 50.2 Å². The molecule has 1 fully saturated rings. The molecule has 0 spiro atoms. The molecule has 1 aliphatic heterocycles. The van der Waals surface area contributed by atoms with E-state index in [1.165, 1.54) is 0 Å². The summed E-state index contributed by atoms with van der Waals surface area (Å²) in [5.74, 6) is 0. The minimum Gasteiger partial charge on any atom is -0.790 e. The molecule has 0 aromatic carbocycles. The summed E-state index contributed by atoms with van der Waals surface area (Å²) in [6, 6.07) is 0.997. The van der Waals surface area contributed by atoms with Gasteiger partial charge < -0.3 is 33.8 Å². The number of aliphatic hydroxyl groups excluding tert-OH is 2. The van der Waals surface area contributed by atoms with E-state index in [0.717, 1.165) is 16.8 Å². The molecule has 3 N–H and O–H groups in total. The number of nitrogens with zero attached hydrogens (tertiary/aromatic N) is 1. The molecule has 0 saturated carbocycles. The molecule has 0 bridgehead atoms. The van der Waals surface area contributed by atoms with Gasteiger partial charge in [-0.05, 0) is 0 Å². The molecule has 1 saturated heterocycles. The summed E-state index contributed by atoms with van der Waals surface area (Å²) in [5.41, 5.74) is -1.55. The van der Waals surface area contributed by atoms with Crippen LogP contribution >= 0.6 is 7.82 Å². The number of nitrogens with one attached hydrogen (secondary N) is 1. The zero-order valence-corrected chi connectivity index (χ0v) is 13.2. The van der Waals surface area contributed by atoms with E-state index in [4.69, 9.17) is 4.74 Å². The van der Waals surface area contributed by atoms with E-state index in [2.05, 4.69) is 4.52 Å². The van der Waals surface area contributed by atoms with Crippen molar-refractivity contribution in [3.8, 4) is 0 Å². The molecule has 1 aromatic heterocycles. The van der Waals surface area contributed by atoms with Gasteiger partial charge in [-0.15, -0.1) is 0 Å². The maximum Gasteiger partial charge on any atom is 1.00 e.